The van der Waals surface area contributed by atoms with Crippen LogP contribution in [0.15, 0.2) is 34.8 Å². The highest BCUT2D eigenvalue weighted by atomic mass is 16.1. The molecule has 0 aromatic rings. The highest BCUT2D eigenvalue weighted by Gasteiger charge is 1.99. The largest absolute Gasteiger partial charge is 0.369 e. The predicted molar refractivity (Wildman–Crippen MR) is 46.1 cm³/mol. The molecule has 0 saturated carbocycles. The zero-order valence-electron chi connectivity index (χ0n) is 6.63. The Labute approximate surface area is 70.7 Å². The van der Waals surface area contributed by atoms with Crippen LogP contribution < -0.4 is 11.5 Å². The van der Waals surface area contributed by atoms with Crippen molar-refractivity contribution in [2.45, 2.75) is 6.42 Å². The standard InChI is InChI=1S/C9H10N2O/c10-6-8-3-1-7(2-4-8)5-9(11)12/h1,3H,5-6,10H2,(H2,11,12). The van der Waals surface area contributed by atoms with E-state index in [-0.39, 0.29) is 12.3 Å². The van der Waals surface area contributed by atoms with Crippen LogP contribution >= 0.6 is 0 Å². The molecule has 1 amide bonds. The topological polar surface area (TPSA) is 69.1 Å². The average Bonchev–Trinajstić information content (AvgIpc) is 2.05. The first kappa shape index (κ1) is 8.57. The fourth-order valence-electron chi connectivity index (χ4n) is 0.855. The molecule has 0 saturated heterocycles. The van der Waals surface area contributed by atoms with Crippen molar-refractivity contribution in [1.29, 1.82) is 0 Å². The summed E-state index contributed by atoms with van der Waals surface area (Å²) >= 11 is 0. The van der Waals surface area contributed by atoms with E-state index in [1.807, 2.05) is 6.08 Å². The third-order valence-corrected chi connectivity index (χ3v) is 1.45. The first-order valence-corrected chi connectivity index (χ1v) is 3.62. The van der Waals surface area contributed by atoms with E-state index in [1.165, 1.54) is 0 Å². The van der Waals surface area contributed by atoms with E-state index in [2.05, 4.69) is 11.5 Å². The summed E-state index contributed by atoms with van der Waals surface area (Å²) in [6.07, 6.45) is 3.81. The zero-order chi connectivity index (χ0) is 8.97. The van der Waals surface area contributed by atoms with Crippen LogP contribution in [0.4, 0.5) is 0 Å². The monoisotopic (exact) mass is 162 g/mol. The summed E-state index contributed by atoms with van der Waals surface area (Å²) < 4.78 is 0. The van der Waals surface area contributed by atoms with Crippen molar-refractivity contribution in [3.8, 4) is 0 Å². The fraction of sp³-hybridized carbons (Fsp3) is 0.222. The molecule has 3 nitrogen and oxygen atoms in total. The Balaban J connectivity index is 2.84. The summed E-state index contributed by atoms with van der Waals surface area (Å²) in [5, 5.41) is 0. The van der Waals surface area contributed by atoms with Crippen molar-refractivity contribution in [3.63, 3.8) is 0 Å². The van der Waals surface area contributed by atoms with Gasteiger partial charge in [0.1, 0.15) is 0 Å². The van der Waals surface area contributed by atoms with Crippen LogP contribution in [-0.4, -0.2) is 12.5 Å². The quantitative estimate of drug-likeness (QED) is 0.573. The smallest absolute Gasteiger partial charge is 0.222 e. The molecule has 0 bridgehead atoms. The summed E-state index contributed by atoms with van der Waals surface area (Å²) in [7, 11) is 0. The molecule has 1 aliphatic rings. The number of primary amides is 1. The van der Waals surface area contributed by atoms with E-state index in [4.69, 9.17) is 11.5 Å². The lowest BCUT2D eigenvalue weighted by molar-refractivity contribution is -0.117. The molecule has 1 rings (SSSR count). The third kappa shape index (κ3) is 2.26. The number of carbonyl (C=O) groups is 1. The van der Waals surface area contributed by atoms with Gasteiger partial charge in [-0.05, 0) is 12.2 Å². The Bertz CT molecular complexity index is 326. The molecule has 0 aliphatic heterocycles. The minimum absolute atomic E-state index is 0.210. The molecule has 0 radical (unpaired) electrons. The van der Waals surface area contributed by atoms with Gasteiger partial charge in [-0.15, -0.1) is 0 Å². The number of amides is 1. The molecule has 0 spiro atoms. The highest BCUT2D eigenvalue weighted by Crippen LogP contribution is 2.06. The first-order chi connectivity index (χ1) is 5.72. The molecule has 4 N–H and O–H groups in total. The van der Waals surface area contributed by atoms with Gasteiger partial charge in [-0.25, -0.2) is 0 Å². The van der Waals surface area contributed by atoms with E-state index in [9.17, 15) is 4.79 Å². The predicted octanol–water partition coefficient (Wildman–Crippen LogP) is -0.00290. The summed E-state index contributed by atoms with van der Waals surface area (Å²) in [5.41, 5.74) is 17.6. The number of carbonyl (C=O) groups excluding carboxylic acids is 1. The Morgan fingerprint density at radius 2 is 1.92 bits per heavy atom. The molecule has 1 aliphatic carbocycles. The second-order valence-electron chi connectivity index (χ2n) is 2.48. The second-order valence-corrected chi connectivity index (χ2v) is 2.48. The van der Waals surface area contributed by atoms with E-state index in [0.29, 0.717) is 6.54 Å². The summed E-state index contributed by atoms with van der Waals surface area (Å²) in [5.74, 6) is -0.361. The van der Waals surface area contributed by atoms with E-state index < -0.39 is 0 Å². The van der Waals surface area contributed by atoms with Gasteiger partial charge in [-0.2, -0.15) is 0 Å². The van der Waals surface area contributed by atoms with E-state index >= 15 is 0 Å². The van der Waals surface area contributed by atoms with Gasteiger partial charge in [0.15, 0.2) is 0 Å². The summed E-state index contributed by atoms with van der Waals surface area (Å²) in [4.78, 5) is 10.5. The van der Waals surface area contributed by atoms with Gasteiger partial charge >= 0.3 is 0 Å². The maximum Gasteiger partial charge on any atom is 0.222 e. The number of hydrogen-bond acceptors (Lipinski definition) is 2. The first-order valence-electron chi connectivity index (χ1n) is 3.62. The van der Waals surface area contributed by atoms with Gasteiger partial charge in [-0.1, -0.05) is 11.5 Å². The molecule has 12 heavy (non-hydrogen) atoms. The van der Waals surface area contributed by atoms with Crippen LogP contribution in [0.1, 0.15) is 6.42 Å². The van der Waals surface area contributed by atoms with Crippen LogP contribution in [0.5, 0.6) is 0 Å². The lowest BCUT2D eigenvalue weighted by atomic mass is 10.1. The number of allylic oxidation sites excluding steroid dienone is 1. The SMILES string of the molecule is NCC1=C=C=C(CC(N)=O)C=C1. The minimum Gasteiger partial charge on any atom is -0.369 e. The number of hydrogen-bond donors (Lipinski definition) is 2. The van der Waals surface area contributed by atoms with Crippen molar-refractivity contribution in [2.75, 3.05) is 6.54 Å². The third-order valence-electron chi connectivity index (χ3n) is 1.45. The normalized spacial score (nSPS) is 14.1. The van der Waals surface area contributed by atoms with Gasteiger partial charge in [-0.3, -0.25) is 4.79 Å². The number of nitrogens with two attached hydrogens (primary N) is 2. The molecular weight excluding hydrogens is 152 g/mol. The van der Waals surface area contributed by atoms with Crippen molar-refractivity contribution >= 4 is 5.91 Å². The lowest BCUT2D eigenvalue weighted by Gasteiger charge is -1.98. The minimum atomic E-state index is -0.361. The molecule has 0 atom stereocenters. The van der Waals surface area contributed by atoms with Gasteiger partial charge in [0.05, 0.1) is 6.42 Å². The molecule has 0 aromatic carbocycles. The Morgan fingerprint density at radius 3 is 2.33 bits per heavy atom. The highest BCUT2D eigenvalue weighted by molar-refractivity contribution is 5.77. The summed E-state index contributed by atoms with van der Waals surface area (Å²) in [6, 6.07) is 0. The second kappa shape index (κ2) is 3.74. The van der Waals surface area contributed by atoms with Crippen LogP contribution in [0, 0.1) is 0 Å². The van der Waals surface area contributed by atoms with Crippen LogP contribution in [-0.2, 0) is 4.79 Å². The van der Waals surface area contributed by atoms with Crippen LogP contribution in [0.3, 0.4) is 0 Å². The molecule has 0 heterocycles. The van der Waals surface area contributed by atoms with Gasteiger partial charge in [0.25, 0.3) is 0 Å². The van der Waals surface area contributed by atoms with Crippen molar-refractivity contribution < 1.29 is 4.79 Å². The Hall–Kier alpha value is -1.53. The molecule has 0 unspecified atom stereocenters. The zero-order valence-corrected chi connectivity index (χ0v) is 6.63. The van der Waals surface area contributed by atoms with Gasteiger partial charge in [0, 0.05) is 17.7 Å². The summed E-state index contributed by atoms with van der Waals surface area (Å²) in [6.45, 7) is 0.438. The Kier molecular flexibility index (Phi) is 2.67. The lowest BCUT2D eigenvalue weighted by Crippen LogP contribution is -2.10. The average molecular weight is 162 g/mol. The maximum absolute atomic E-state index is 10.5. The maximum atomic E-state index is 10.5. The molecule has 0 aromatic heterocycles. The van der Waals surface area contributed by atoms with E-state index in [0.717, 1.165) is 11.1 Å². The molecule has 62 valence electrons. The van der Waals surface area contributed by atoms with Gasteiger partial charge < -0.3 is 11.5 Å². The van der Waals surface area contributed by atoms with Gasteiger partial charge in [0.2, 0.25) is 5.91 Å². The van der Waals surface area contributed by atoms with E-state index in [1.54, 1.807) is 6.08 Å². The Morgan fingerprint density at radius 1 is 1.33 bits per heavy atom. The number of rotatable bonds is 3. The van der Waals surface area contributed by atoms with Crippen LogP contribution in [0.2, 0.25) is 0 Å². The van der Waals surface area contributed by atoms with Crippen molar-refractivity contribution in [1.82, 2.24) is 0 Å². The molecular formula is C9H10N2O. The van der Waals surface area contributed by atoms with Crippen molar-refractivity contribution in [3.05, 3.63) is 34.8 Å². The van der Waals surface area contributed by atoms with Crippen LogP contribution in [0.25, 0.3) is 0 Å². The molecule has 0 fully saturated rings. The molecule has 3 heteroatoms. The van der Waals surface area contributed by atoms with Crippen molar-refractivity contribution in [2.24, 2.45) is 11.5 Å². The fourth-order valence-corrected chi connectivity index (χ4v) is 0.855.